The van der Waals surface area contributed by atoms with Crippen LogP contribution >= 0.6 is 22.7 Å². The van der Waals surface area contributed by atoms with Crippen LogP contribution in [0.3, 0.4) is 0 Å². The Balaban J connectivity index is 0.841. The molecule has 0 saturated heterocycles. The first-order valence-electron chi connectivity index (χ1n) is 20.8. The monoisotopic (exact) mass is 826 g/mol. The molecule has 0 N–H and O–H groups in total. The standard InChI is InChI=1S/C56H34N4S2/c1-5-13-49-43(9-1)45-33-39(35-17-21-37(22-18-35)55-57-47-11-3-7-15-53(47)61-55)25-31-51(45)59(49)41-27-29-42(30-28-41)60-50-14-6-2-10-44(50)46-34-40(26-32-52(46)60)36-19-23-38(24-20-36)56-58-48-12-4-8-16-54(48)62-56/h1-34H. The molecule has 0 aliphatic heterocycles. The molecule has 0 saturated carbocycles. The van der Waals surface area contributed by atoms with Crippen LogP contribution in [0.25, 0.3) is 119 Å². The fraction of sp³-hybridized carbons (Fsp3) is 0. The lowest BCUT2D eigenvalue weighted by Gasteiger charge is -2.12. The van der Waals surface area contributed by atoms with E-state index in [1.165, 1.54) is 75.3 Å². The highest BCUT2D eigenvalue weighted by Crippen LogP contribution is 2.39. The van der Waals surface area contributed by atoms with E-state index in [9.17, 15) is 0 Å². The van der Waals surface area contributed by atoms with Crippen LogP contribution < -0.4 is 0 Å². The molecule has 0 spiro atoms. The predicted octanol–water partition coefficient (Wildman–Crippen LogP) is 15.8. The molecular weight excluding hydrogens is 793 g/mol. The van der Waals surface area contributed by atoms with Gasteiger partial charge < -0.3 is 9.13 Å². The van der Waals surface area contributed by atoms with Gasteiger partial charge in [0, 0.05) is 44.0 Å². The molecule has 0 bridgehead atoms. The Morgan fingerprint density at radius 3 is 1.08 bits per heavy atom. The maximum atomic E-state index is 4.88. The molecule has 4 aromatic heterocycles. The maximum Gasteiger partial charge on any atom is 0.124 e. The van der Waals surface area contributed by atoms with Gasteiger partial charge in [0.05, 0.1) is 42.5 Å². The van der Waals surface area contributed by atoms with Crippen molar-refractivity contribution in [2.45, 2.75) is 0 Å². The van der Waals surface area contributed by atoms with Gasteiger partial charge in [-0.3, -0.25) is 0 Å². The molecule has 13 rings (SSSR count). The smallest absolute Gasteiger partial charge is 0.124 e. The van der Waals surface area contributed by atoms with Gasteiger partial charge in [0.25, 0.3) is 0 Å². The maximum absolute atomic E-state index is 4.88. The predicted molar refractivity (Wildman–Crippen MR) is 263 cm³/mol. The molecule has 4 heterocycles. The minimum atomic E-state index is 1.05. The molecule has 290 valence electrons. The van der Waals surface area contributed by atoms with E-state index in [2.05, 4.69) is 203 Å². The lowest BCUT2D eigenvalue weighted by molar-refractivity contribution is 1.14. The topological polar surface area (TPSA) is 35.6 Å². The van der Waals surface area contributed by atoms with E-state index in [1.54, 1.807) is 22.7 Å². The first-order chi connectivity index (χ1) is 30.7. The zero-order valence-corrected chi connectivity index (χ0v) is 34.9. The Morgan fingerprint density at radius 1 is 0.290 bits per heavy atom. The van der Waals surface area contributed by atoms with E-state index in [4.69, 9.17) is 9.97 Å². The van der Waals surface area contributed by atoms with Gasteiger partial charge in [0.1, 0.15) is 10.0 Å². The molecule has 0 atom stereocenters. The van der Waals surface area contributed by atoms with E-state index >= 15 is 0 Å². The summed E-state index contributed by atoms with van der Waals surface area (Å²) >= 11 is 3.48. The molecule has 4 nitrogen and oxygen atoms in total. The average molecular weight is 827 g/mol. The minimum Gasteiger partial charge on any atom is -0.309 e. The molecule has 9 aromatic carbocycles. The summed E-state index contributed by atoms with van der Waals surface area (Å²) in [6.07, 6.45) is 0. The second kappa shape index (κ2) is 14.0. The Morgan fingerprint density at radius 2 is 0.645 bits per heavy atom. The third kappa shape index (κ3) is 5.65. The minimum absolute atomic E-state index is 1.05. The van der Waals surface area contributed by atoms with Crippen molar-refractivity contribution < 1.29 is 0 Å². The van der Waals surface area contributed by atoms with E-state index in [0.29, 0.717) is 0 Å². The number of thiazole rings is 2. The summed E-state index contributed by atoms with van der Waals surface area (Å²) in [6.45, 7) is 0. The fourth-order valence-electron chi connectivity index (χ4n) is 9.21. The van der Waals surface area contributed by atoms with Crippen molar-refractivity contribution in [3.63, 3.8) is 0 Å². The van der Waals surface area contributed by atoms with Crippen molar-refractivity contribution >= 4 is 86.7 Å². The van der Waals surface area contributed by atoms with E-state index in [1.807, 2.05) is 12.1 Å². The number of benzene rings is 9. The highest BCUT2D eigenvalue weighted by Gasteiger charge is 2.17. The van der Waals surface area contributed by atoms with Crippen LogP contribution in [0, 0.1) is 0 Å². The molecule has 0 unspecified atom stereocenters. The molecular formula is C56H34N4S2. The number of aromatic nitrogens is 4. The van der Waals surface area contributed by atoms with Gasteiger partial charge in [0.2, 0.25) is 0 Å². The third-order valence-corrected chi connectivity index (χ3v) is 14.4. The Bertz CT molecular complexity index is 3530. The second-order valence-corrected chi connectivity index (χ2v) is 17.9. The van der Waals surface area contributed by atoms with Crippen molar-refractivity contribution in [3.8, 4) is 54.8 Å². The highest BCUT2D eigenvalue weighted by molar-refractivity contribution is 7.22. The first kappa shape index (κ1) is 35.1. The average Bonchev–Trinajstić information content (AvgIpc) is 4.12. The van der Waals surface area contributed by atoms with Crippen LogP contribution in [0.5, 0.6) is 0 Å². The van der Waals surface area contributed by atoms with Gasteiger partial charge in [-0.1, -0.05) is 121 Å². The van der Waals surface area contributed by atoms with Gasteiger partial charge in [-0.15, -0.1) is 22.7 Å². The Hall–Kier alpha value is -7.64. The number of para-hydroxylation sites is 4. The number of rotatable bonds is 6. The summed E-state index contributed by atoms with van der Waals surface area (Å²) in [5.41, 5.74) is 16.2. The lowest BCUT2D eigenvalue weighted by Crippen LogP contribution is -1.97. The highest BCUT2D eigenvalue weighted by atomic mass is 32.1. The van der Waals surface area contributed by atoms with Crippen LogP contribution in [-0.2, 0) is 0 Å². The van der Waals surface area contributed by atoms with Crippen LogP contribution in [0.15, 0.2) is 206 Å². The third-order valence-electron chi connectivity index (χ3n) is 12.2. The molecule has 0 radical (unpaired) electrons. The first-order valence-corrected chi connectivity index (χ1v) is 22.4. The van der Waals surface area contributed by atoms with Gasteiger partial charge in [-0.2, -0.15) is 0 Å². The van der Waals surface area contributed by atoms with Gasteiger partial charge >= 0.3 is 0 Å². The van der Waals surface area contributed by atoms with Gasteiger partial charge in [0.15, 0.2) is 0 Å². The largest absolute Gasteiger partial charge is 0.309 e. The SMILES string of the molecule is c1ccc2sc(-c3ccc(-c4ccc5c(c4)c4ccccc4n5-c4ccc(-n5c6ccccc6c6cc(-c7ccc(-c8nc9ccccc9s8)cc7)ccc65)cc4)cc3)nc2c1. The van der Waals surface area contributed by atoms with Crippen molar-refractivity contribution in [2.24, 2.45) is 0 Å². The molecule has 13 aromatic rings. The van der Waals surface area contributed by atoms with E-state index < -0.39 is 0 Å². The summed E-state index contributed by atoms with van der Waals surface area (Å²) in [7, 11) is 0. The number of fused-ring (bicyclic) bond motifs is 8. The van der Waals surface area contributed by atoms with Gasteiger partial charge in [-0.05, 0) is 107 Å². The number of nitrogens with zero attached hydrogens (tertiary/aromatic N) is 4. The van der Waals surface area contributed by atoms with Gasteiger partial charge in [-0.25, -0.2) is 9.97 Å². The zero-order chi connectivity index (χ0) is 40.7. The van der Waals surface area contributed by atoms with Crippen molar-refractivity contribution in [1.82, 2.24) is 19.1 Å². The summed E-state index contributed by atoms with van der Waals surface area (Å²) in [5, 5.41) is 7.06. The fourth-order valence-corrected chi connectivity index (χ4v) is 11.2. The van der Waals surface area contributed by atoms with E-state index in [-0.39, 0.29) is 0 Å². The van der Waals surface area contributed by atoms with Crippen LogP contribution in [0.1, 0.15) is 0 Å². The van der Waals surface area contributed by atoms with Crippen molar-refractivity contribution in [2.75, 3.05) is 0 Å². The quantitative estimate of drug-likeness (QED) is 0.167. The lowest BCUT2D eigenvalue weighted by atomic mass is 10.0. The van der Waals surface area contributed by atoms with Crippen LogP contribution in [-0.4, -0.2) is 19.1 Å². The Kier molecular flexibility index (Phi) is 7.92. The van der Waals surface area contributed by atoms with Crippen molar-refractivity contribution in [1.29, 1.82) is 0 Å². The summed E-state index contributed by atoms with van der Waals surface area (Å²) in [5.74, 6) is 0. The summed E-state index contributed by atoms with van der Waals surface area (Å²) in [4.78, 5) is 9.76. The molecule has 6 heteroatoms. The second-order valence-electron chi connectivity index (χ2n) is 15.8. The zero-order valence-electron chi connectivity index (χ0n) is 33.2. The normalized spacial score (nSPS) is 11.9. The van der Waals surface area contributed by atoms with E-state index in [0.717, 1.165) is 43.6 Å². The summed E-state index contributed by atoms with van der Waals surface area (Å²) in [6, 6.07) is 74.6. The molecule has 0 amide bonds. The molecule has 0 aliphatic carbocycles. The van der Waals surface area contributed by atoms with Crippen LogP contribution in [0.4, 0.5) is 0 Å². The molecule has 0 fully saturated rings. The molecule has 62 heavy (non-hydrogen) atoms. The van der Waals surface area contributed by atoms with Crippen LogP contribution in [0.2, 0.25) is 0 Å². The van der Waals surface area contributed by atoms with Crippen molar-refractivity contribution in [3.05, 3.63) is 206 Å². The summed E-state index contributed by atoms with van der Waals surface area (Å²) < 4.78 is 7.22. The number of hydrogen-bond acceptors (Lipinski definition) is 4. The Labute approximate surface area is 364 Å². The molecule has 0 aliphatic rings. The number of hydrogen-bond donors (Lipinski definition) is 0.